The average Bonchev–Trinajstić information content (AvgIpc) is 2.27. The molecule has 0 amide bonds. The number of hydrogen-bond donors (Lipinski definition) is 1. The summed E-state index contributed by atoms with van der Waals surface area (Å²) in [6, 6.07) is 2.95. The summed E-state index contributed by atoms with van der Waals surface area (Å²) in [7, 11) is 0. The maximum Gasteiger partial charge on any atom is 0.0683 e. The fourth-order valence-electron chi connectivity index (χ4n) is 1.63. The van der Waals surface area contributed by atoms with E-state index >= 15 is 0 Å². The Bertz CT molecular complexity index is 215. The normalized spacial score (nSPS) is 15.5. The van der Waals surface area contributed by atoms with Crippen LogP contribution >= 0.6 is 0 Å². The molecule has 0 fully saturated rings. The van der Waals surface area contributed by atoms with Crippen LogP contribution in [0.3, 0.4) is 0 Å². The first kappa shape index (κ1) is 15.4. The lowest BCUT2D eigenvalue weighted by Gasteiger charge is -2.20. The van der Waals surface area contributed by atoms with Gasteiger partial charge in [0, 0.05) is 6.04 Å². The molecule has 0 radical (unpaired) electrons. The highest BCUT2D eigenvalue weighted by Crippen LogP contribution is 2.21. The molecule has 0 aromatic heterocycles. The molecule has 0 aliphatic rings. The minimum Gasteiger partial charge on any atom is -0.314 e. The summed E-state index contributed by atoms with van der Waals surface area (Å²) in [5, 5.41) is 12.4. The quantitative estimate of drug-likeness (QED) is 0.638. The maximum absolute atomic E-state index is 8.88. The van der Waals surface area contributed by atoms with Crippen LogP contribution in [-0.4, -0.2) is 12.6 Å². The summed E-state index contributed by atoms with van der Waals surface area (Å²) in [5.74, 6) is 0.746. The monoisotopic (exact) mass is 224 g/mol. The molecule has 0 aromatic rings. The van der Waals surface area contributed by atoms with Gasteiger partial charge in [-0.2, -0.15) is 5.26 Å². The van der Waals surface area contributed by atoms with Crippen molar-refractivity contribution in [1.82, 2.24) is 5.32 Å². The van der Waals surface area contributed by atoms with Gasteiger partial charge in [-0.3, -0.25) is 0 Å². The third-order valence-corrected chi connectivity index (χ3v) is 3.50. The fraction of sp³-hybridized carbons (Fsp3) is 0.929. The predicted octanol–water partition coefficient (Wildman–Crippen LogP) is 3.73. The molecule has 0 aromatic carbocycles. The zero-order chi connectivity index (χ0) is 12.6. The van der Waals surface area contributed by atoms with E-state index in [-0.39, 0.29) is 5.41 Å². The molecule has 2 nitrogen and oxygen atoms in total. The molecule has 94 valence electrons. The van der Waals surface area contributed by atoms with Gasteiger partial charge in [0.05, 0.1) is 11.5 Å². The van der Waals surface area contributed by atoms with Crippen LogP contribution in [0, 0.1) is 22.7 Å². The van der Waals surface area contributed by atoms with Crippen LogP contribution in [0.15, 0.2) is 0 Å². The Hall–Kier alpha value is -0.550. The molecule has 0 saturated carbocycles. The Morgan fingerprint density at radius 1 is 1.25 bits per heavy atom. The fourth-order valence-corrected chi connectivity index (χ4v) is 1.63. The SMILES string of the molecule is CCC(C)C(C)NCCCCC(C)(C)C#N. The van der Waals surface area contributed by atoms with Crippen molar-refractivity contribution in [3.8, 4) is 6.07 Å². The van der Waals surface area contributed by atoms with Crippen LogP contribution in [0.1, 0.15) is 60.3 Å². The molecule has 2 unspecified atom stereocenters. The van der Waals surface area contributed by atoms with Crippen molar-refractivity contribution in [1.29, 1.82) is 5.26 Å². The Kier molecular flexibility index (Phi) is 7.42. The second kappa shape index (κ2) is 7.68. The van der Waals surface area contributed by atoms with Crippen LogP contribution < -0.4 is 5.32 Å². The molecule has 0 bridgehead atoms. The minimum absolute atomic E-state index is 0.150. The van der Waals surface area contributed by atoms with Gasteiger partial charge in [0.25, 0.3) is 0 Å². The summed E-state index contributed by atoms with van der Waals surface area (Å²) in [4.78, 5) is 0. The van der Waals surface area contributed by atoms with E-state index in [1.165, 1.54) is 12.8 Å². The summed E-state index contributed by atoms with van der Waals surface area (Å²) < 4.78 is 0. The van der Waals surface area contributed by atoms with E-state index in [2.05, 4.69) is 32.2 Å². The van der Waals surface area contributed by atoms with Gasteiger partial charge in [0.1, 0.15) is 0 Å². The summed E-state index contributed by atoms with van der Waals surface area (Å²) in [6.45, 7) is 11.9. The Morgan fingerprint density at radius 2 is 1.88 bits per heavy atom. The van der Waals surface area contributed by atoms with Crippen molar-refractivity contribution in [2.24, 2.45) is 11.3 Å². The molecule has 2 atom stereocenters. The van der Waals surface area contributed by atoms with Gasteiger partial charge in [-0.25, -0.2) is 0 Å². The van der Waals surface area contributed by atoms with E-state index in [0.717, 1.165) is 25.3 Å². The van der Waals surface area contributed by atoms with E-state index in [0.29, 0.717) is 6.04 Å². The lowest BCUT2D eigenvalue weighted by Crippen LogP contribution is -2.32. The Labute approximate surface area is 101 Å². The highest BCUT2D eigenvalue weighted by atomic mass is 14.9. The molecule has 0 aliphatic heterocycles. The van der Waals surface area contributed by atoms with Crippen LogP contribution in [0.5, 0.6) is 0 Å². The van der Waals surface area contributed by atoms with E-state index in [1.54, 1.807) is 0 Å². The molecular weight excluding hydrogens is 196 g/mol. The first-order valence-corrected chi connectivity index (χ1v) is 6.57. The number of rotatable bonds is 8. The van der Waals surface area contributed by atoms with Crippen molar-refractivity contribution >= 4 is 0 Å². The molecule has 0 rings (SSSR count). The lowest BCUT2D eigenvalue weighted by atomic mass is 9.89. The molecule has 0 heterocycles. The second-order valence-corrected chi connectivity index (χ2v) is 5.58. The molecule has 0 aliphatic carbocycles. The van der Waals surface area contributed by atoms with Gasteiger partial charge < -0.3 is 5.32 Å². The Morgan fingerprint density at radius 3 is 2.38 bits per heavy atom. The first-order valence-electron chi connectivity index (χ1n) is 6.57. The number of nitriles is 1. The van der Waals surface area contributed by atoms with Gasteiger partial charge >= 0.3 is 0 Å². The van der Waals surface area contributed by atoms with E-state index < -0.39 is 0 Å². The predicted molar refractivity (Wildman–Crippen MR) is 70.2 cm³/mol. The Balaban J connectivity index is 3.52. The standard InChI is InChI=1S/C14H28N2/c1-6-12(2)13(3)16-10-8-7-9-14(4,5)11-15/h12-13,16H,6-10H2,1-5H3. The first-order chi connectivity index (χ1) is 7.43. The topological polar surface area (TPSA) is 35.8 Å². The van der Waals surface area contributed by atoms with Crippen LogP contribution in [-0.2, 0) is 0 Å². The molecular formula is C14H28N2. The third kappa shape index (κ3) is 6.85. The molecule has 1 N–H and O–H groups in total. The van der Waals surface area contributed by atoms with Crippen molar-refractivity contribution in [3.63, 3.8) is 0 Å². The number of hydrogen-bond acceptors (Lipinski definition) is 2. The summed E-state index contributed by atoms with van der Waals surface area (Å²) >= 11 is 0. The number of nitrogens with zero attached hydrogens (tertiary/aromatic N) is 1. The summed E-state index contributed by atoms with van der Waals surface area (Å²) in [5.41, 5.74) is -0.150. The second-order valence-electron chi connectivity index (χ2n) is 5.58. The van der Waals surface area contributed by atoms with E-state index in [4.69, 9.17) is 5.26 Å². The highest BCUT2D eigenvalue weighted by Gasteiger charge is 2.15. The van der Waals surface area contributed by atoms with Crippen LogP contribution in [0.2, 0.25) is 0 Å². The van der Waals surface area contributed by atoms with Gasteiger partial charge in [-0.05, 0) is 46.1 Å². The highest BCUT2D eigenvalue weighted by molar-refractivity contribution is 4.91. The van der Waals surface area contributed by atoms with Crippen molar-refractivity contribution in [3.05, 3.63) is 0 Å². The van der Waals surface area contributed by atoms with Crippen LogP contribution in [0.25, 0.3) is 0 Å². The zero-order valence-corrected chi connectivity index (χ0v) is 11.6. The van der Waals surface area contributed by atoms with Crippen molar-refractivity contribution in [2.45, 2.75) is 66.3 Å². The smallest absolute Gasteiger partial charge is 0.0683 e. The van der Waals surface area contributed by atoms with Gasteiger partial charge in [-0.1, -0.05) is 26.7 Å². The average molecular weight is 224 g/mol. The molecule has 0 spiro atoms. The number of nitrogens with one attached hydrogen (secondary N) is 1. The zero-order valence-electron chi connectivity index (χ0n) is 11.6. The van der Waals surface area contributed by atoms with E-state index in [1.807, 2.05) is 13.8 Å². The van der Waals surface area contributed by atoms with Gasteiger partial charge in [0.15, 0.2) is 0 Å². The lowest BCUT2D eigenvalue weighted by molar-refractivity contribution is 0.374. The number of unbranched alkanes of at least 4 members (excludes halogenated alkanes) is 1. The van der Waals surface area contributed by atoms with Gasteiger partial charge in [0.2, 0.25) is 0 Å². The van der Waals surface area contributed by atoms with Crippen molar-refractivity contribution < 1.29 is 0 Å². The third-order valence-electron chi connectivity index (χ3n) is 3.50. The van der Waals surface area contributed by atoms with Crippen molar-refractivity contribution in [2.75, 3.05) is 6.54 Å². The largest absolute Gasteiger partial charge is 0.314 e. The molecule has 16 heavy (non-hydrogen) atoms. The summed E-state index contributed by atoms with van der Waals surface area (Å²) in [6.07, 6.45) is 4.55. The van der Waals surface area contributed by atoms with Crippen LogP contribution in [0.4, 0.5) is 0 Å². The molecule has 2 heteroatoms. The maximum atomic E-state index is 8.88. The van der Waals surface area contributed by atoms with Gasteiger partial charge in [-0.15, -0.1) is 0 Å². The minimum atomic E-state index is -0.150. The van der Waals surface area contributed by atoms with E-state index in [9.17, 15) is 0 Å². The molecule has 0 saturated heterocycles.